The second-order valence-electron chi connectivity index (χ2n) is 6.03. The van der Waals surface area contributed by atoms with Crippen molar-refractivity contribution in [1.29, 1.82) is 0 Å². The summed E-state index contributed by atoms with van der Waals surface area (Å²) in [5.41, 5.74) is 3.41. The van der Waals surface area contributed by atoms with Gasteiger partial charge < -0.3 is 10.1 Å². The Hall–Kier alpha value is -3.32. The van der Waals surface area contributed by atoms with E-state index in [4.69, 9.17) is 4.74 Å². The minimum Gasteiger partial charge on any atom is -0.497 e. The van der Waals surface area contributed by atoms with Crippen molar-refractivity contribution < 1.29 is 9.53 Å². The molecule has 0 unspecified atom stereocenters. The van der Waals surface area contributed by atoms with E-state index in [-0.39, 0.29) is 11.7 Å². The molecule has 4 rings (SSSR count). The maximum absolute atomic E-state index is 12.2. The third-order valence-corrected chi connectivity index (χ3v) is 5.01. The van der Waals surface area contributed by atoms with Gasteiger partial charge in [-0.1, -0.05) is 42.1 Å². The first kappa shape index (κ1) is 18.1. The van der Waals surface area contributed by atoms with E-state index in [2.05, 4.69) is 15.4 Å². The highest BCUT2D eigenvalue weighted by molar-refractivity contribution is 7.99. The molecule has 7 heteroatoms. The van der Waals surface area contributed by atoms with E-state index in [1.54, 1.807) is 11.6 Å². The van der Waals surface area contributed by atoms with E-state index in [1.807, 2.05) is 72.9 Å². The Morgan fingerprint density at radius 3 is 2.61 bits per heavy atom. The zero-order valence-corrected chi connectivity index (χ0v) is 16.0. The SMILES string of the molecule is COc1ccc(NC(=O)CSc2ccc3nc(-c4ccccc4)cn3n2)cc1. The van der Waals surface area contributed by atoms with E-state index in [9.17, 15) is 4.79 Å². The number of hydrogen-bond acceptors (Lipinski definition) is 5. The van der Waals surface area contributed by atoms with Gasteiger partial charge >= 0.3 is 0 Å². The lowest BCUT2D eigenvalue weighted by atomic mass is 10.2. The van der Waals surface area contributed by atoms with Crippen LogP contribution >= 0.6 is 11.8 Å². The number of amides is 1. The molecule has 0 fully saturated rings. The van der Waals surface area contributed by atoms with Crippen molar-refractivity contribution in [3.63, 3.8) is 0 Å². The van der Waals surface area contributed by atoms with Crippen molar-refractivity contribution in [3.05, 3.63) is 72.9 Å². The second-order valence-corrected chi connectivity index (χ2v) is 7.03. The highest BCUT2D eigenvalue weighted by Crippen LogP contribution is 2.21. The molecule has 2 aromatic heterocycles. The molecular weight excluding hydrogens is 372 g/mol. The van der Waals surface area contributed by atoms with Gasteiger partial charge in [-0.2, -0.15) is 5.10 Å². The zero-order valence-electron chi connectivity index (χ0n) is 15.2. The Kier molecular flexibility index (Phi) is 5.25. The average molecular weight is 390 g/mol. The molecule has 6 nitrogen and oxygen atoms in total. The van der Waals surface area contributed by atoms with Crippen molar-refractivity contribution in [2.75, 3.05) is 18.2 Å². The van der Waals surface area contributed by atoms with E-state index in [0.717, 1.165) is 33.4 Å². The predicted molar refractivity (Wildman–Crippen MR) is 111 cm³/mol. The summed E-state index contributed by atoms with van der Waals surface area (Å²) in [5, 5.41) is 8.17. The number of anilines is 1. The van der Waals surface area contributed by atoms with E-state index >= 15 is 0 Å². The fourth-order valence-corrected chi connectivity index (χ4v) is 3.36. The number of fused-ring (bicyclic) bond motifs is 1. The summed E-state index contributed by atoms with van der Waals surface area (Å²) >= 11 is 1.38. The van der Waals surface area contributed by atoms with Gasteiger partial charge in [0.25, 0.3) is 0 Å². The van der Waals surface area contributed by atoms with Crippen LogP contribution in [0.15, 0.2) is 78.0 Å². The predicted octanol–water partition coefficient (Wildman–Crippen LogP) is 4.14. The van der Waals surface area contributed by atoms with Crippen molar-refractivity contribution in [2.45, 2.75) is 5.03 Å². The Morgan fingerprint density at radius 2 is 1.86 bits per heavy atom. The molecule has 2 aromatic carbocycles. The van der Waals surface area contributed by atoms with Gasteiger partial charge in [0.1, 0.15) is 10.8 Å². The minimum atomic E-state index is -0.0901. The molecule has 2 heterocycles. The van der Waals surface area contributed by atoms with Gasteiger partial charge in [0, 0.05) is 11.3 Å². The number of nitrogens with one attached hydrogen (secondary N) is 1. The molecule has 0 atom stereocenters. The lowest BCUT2D eigenvalue weighted by Gasteiger charge is -2.06. The number of thioether (sulfide) groups is 1. The van der Waals surface area contributed by atoms with Crippen LogP contribution < -0.4 is 10.1 Å². The van der Waals surface area contributed by atoms with Crippen molar-refractivity contribution in [2.24, 2.45) is 0 Å². The molecule has 0 bridgehead atoms. The Labute approximate surface area is 166 Å². The number of hydrogen-bond donors (Lipinski definition) is 1. The molecular formula is C21H18N4O2S. The average Bonchev–Trinajstić information content (AvgIpc) is 3.17. The molecule has 0 spiro atoms. The van der Waals surface area contributed by atoms with Crippen LogP contribution in [0.4, 0.5) is 5.69 Å². The summed E-state index contributed by atoms with van der Waals surface area (Å²) < 4.78 is 6.85. The summed E-state index contributed by atoms with van der Waals surface area (Å²) in [6.45, 7) is 0. The molecule has 28 heavy (non-hydrogen) atoms. The van der Waals surface area contributed by atoms with Crippen molar-refractivity contribution in [1.82, 2.24) is 14.6 Å². The summed E-state index contributed by atoms with van der Waals surface area (Å²) in [7, 11) is 1.61. The van der Waals surface area contributed by atoms with Crippen LogP contribution in [-0.2, 0) is 4.79 Å². The molecule has 0 saturated carbocycles. The largest absolute Gasteiger partial charge is 0.497 e. The van der Waals surface area contributed by atoms with Gasteiger partial charge in [-0.15, -0.1) is 0 Å². The molecule has 1 N–H and O–H groups in total. The molecule has 0 radical (unpaired) electrons. The van der Waals surface area contributed by atoms with Crippen LogP contribution in [0.25, 0.3) is 16.9 Å². The summed E-state index contributed by atoms with van der Waals surface area (Å²) in [6.07, 6.45) is 1.89. The molecule has 4 aromatic rings. The molecule has 1 amide bonds. The number of carbonyl (C=O) groups is 1. The number of carbonyl (C=O) groups excluding carboxylic acids is 1. The normalized spacial score (nSPS) is 10.8. The van der Waals surface area contributed by atoms with Crippen LogP contribution in [0.2, 0.25) is 0 Å². The first-order chi connectivity index (χ1) is 13.7. The fraction of sp³-hybridized carbons (Fsp3) is 0.0952. The lowest BCUT2D eigenvalue weighted by Crippen LogP contribution is -2.14. The number of benzene rings is 2. The number of nitrogens with zero attached hydrogens (tertiary/aromatic N) is 3. The first-order valence-electron chi connectivity index (χ1n) is 8.70. The van der Waals surface area contributed by atoms with Gasteiger partial charge in [0.2, 0.25) is 5.91 Å². The maximum atomic E-state index is 12.2. The van der Waals surface area contributed by atoms with E-state index in [1.165, 1.54) is 11.8 Å². The molecule has 0 aliphatic heterocycles. The molecule has 140 valence electrons. The third-order valence-electron chi connectivity index (χ3n) is 4.09. The van der Waals surface area contributed by atoms with Crippen molar-refractivity contribution in [3.8, 4) is 17.0 Å². The molecule has 0 saturated heterocycles. The van der Waals surface area contributed by atoms with Gasteiger partial charge in [-0.05, 0) is 36.4 Å². The zero-order chi connectivity index (χ0) is 19.3. The Balaban J connectivity index is 1.40. The summed E-state index contributed by atoms with van der Waals surface area (Å²) in [6, 6.07) is 21.0. The second kappa shape index (κ2) is 8.14. The third kappa shape index (κ3) is 4.15. The van der Waals surface area contributed by atoms with Crippen LogP contribution in [0.3, 0.4) is 0 Å². The Morgan fingerprint density at radius 1 is 1.07 bits per heavy atom. The Bertz CT molecular complexity index is 1090. The smallest absolute Gasteiger partial charge is 0.234 e. The highest BCUT2D eigenvalue weighted by Gasteiger charge is 2.08. The topological polar surface area (TPSA) is 68.5 Å². The highest BCUT2D eigenvalue weighted by atomic mass is 32.2. The molecule has 0 aliphatic carbocycles. The fourth-order valence-electron chi connectivity index (χ4n) is 2.70. The van der Waals surface area contributed by atoms with Crippen molar-refractivity contribution >= 4 is 29.0 Å². The number of ether oxygens (including phenoxy) is 1. The summed E-state index contributed by atoms with van der Waals surface area (Å²) in [4.78, 5) is 16.8. The number of methoxy groups -OCH3 is 1. The van der Waals surface area contributed by atoms with Gasteiger partial charge in [0.15, 0.2) is 5.65 Å². The minimum absolute atomic E-state index is 0.0901. The van der Waals surface area contributed by atoms with Crippen LogP contribution in [0.5, 0.6) is 5.75 Å². The standard InChI is InChI=1S/C21H18N4O2S/c1-27-17-9-7-16(8-10-17)22-20(26)14-28-21-12-11-19-23-18(13-25(19)24-21)15-5-3-2-4-6-15/h2-13H,14H2,1H3,(H,22,26). The summed E-state index contributed by atoms with van der Waals surface area (Å²) in [5.74, 6) is 0.929. The van der Waals surface area contributed by atoms with E-state index < -0.39 is 0 Å². The van der Waals surface area contributed by atoms with Gasteiger partial charge in [0.05, 0.1) is 24.8 Å². The monoisotopic (exact) mass is 390 g/mol. The quantitative estimate of drug-likeness (QED) is 0.501. The molecule has 0 aliphatic rings. The van der Waals surface area contributed by atoms with Gasteiger partial charge in [-0.25, -0.2) is 9.50 Å². The number of rotatable bonds is 6. The van der Waals surface area contributed by atoms with Crippen LogP contribution in [0, 0.1) is 0 Å². The lowest BCUT2D eigenvalue weighted by molar-refractivity contribution is -0.113. The number of aromatic nitrogens is 3. The van der Waals surface area contributed by atoms with Crippen LogP contribution in [0.1, 0.15) is 0 Å². The maximum Gasteiger partial charge on any atom is 0.234 e. The first-order valence-corrected chi connectivity index (χ1v) is 9.68. The number of imidazole rings is 1. The van der Waals surface area contributed by atoms with E-state index in [0.29, 0.717) is 0 Å². The van der Waals surface area contributed by atoms with Gasteiger partial charge in [-0.3, -0.25) is 4.79 Å². The van der Waals surface area contributed by atoms with Crippen LogP contribution in [-0.4, -0.2) is 33.4 Å².